The molecule has 2 saturated heterocycles. The smallest absolute Gasteiger partial charge is 0.00513 e. The molecule has 2 heterocycles. The molecule has 82 valence electrons. The monoisotopic (exact) mass is 196 g/mol. The van der Waals surface area contributed by atoms with E-state index in [1.807, 2.05) is 0 Å². The topological polar surface area (TPSA) is 15.3 Å². The van der Waals surface area contributed by atoms with Crippen molar-refractivity contribution in [3.05, 3.63) is 0 Å². The number of hydrogen-bond donors (Lipinski definition) is 1. The van der Waals surface area contributed by atoms with Crippen LogP contribution in [0.15, 0.2) is 0 Å². The standard InChI is InChI=1S/C12H24N2/c1-11(2,3)9-14-7-5-12(10-14)4-6-13-8-12/h13H,4-10H2,1-3H3. The first-order valence-corrected chi connectivity index (χ1v) is 5.92. The van der Waals surface area contributed by atoms with E-state index in [1.54, 1.807) is 0 Å². The fourth-order valence-electron chi connectivity index (χ4n) is 2.98. The molecule has 2 nitrogen and oxygen atoms in total. The summed E-state index contributed by atoms with van der Waals surface area (Å²) in [5.41, 5.74) is 1.10. The summed E-state index contributed by atoms with van der Waals surface area (Å²) in [4.78, 5) is 2.66. The summed E-state index contributed by atoms with van der Waals surface area (Å²) in [6.07, 6.45) is 2.81. The van der Waals surface area contributed by atoms with E-state index in [9.17, 15) is 0 Å². The molecule has 0 aromatic carbocycles. The molecule has 1 atom stereocenters. The molecule has 2 aliphatic rings. The Labute approximate surface area is 88.1 Å². The van der Waals surface area contributed by atoms with Gasteiger partial charge in [0.15, 0.2) is 0 Å². The highest BCUT2D eigenvalue weighted by Crippen LogP contribution is 2.36. The molecule has 0 aromatic heterocycles. The number of nitrogens with zero attached hydrogens (tertiary/aromatic N) is 1. The lowest BCUT2D eigenvalue weighted by atomic mass is 9.86. The molecule has 14 heavy (non-hydrogen) atoms. The van der Waals surface area contributed by atoms with Crippen molar-refractivity contribution >= 4 is 0 Å². The van der Waals surface area contributed by atoms with E-state index in [0.717, 1.165) is 0 Å². The van der Waals surface area contributed by atoms with Crippen LogP contribution in [0.5, 0.6) is 0 Å². The van der Waals surface area contributed by atoms with Gasteiger partial charge in [0.2, 0.25) is 0 Å². The van der Waals surface area contributed by atoms with E-state index in [2.05, 4.69) is 31.0 Å². The molecule has 1 unspecified atom stereocenters. The van der Waals surface area contributed by atoms with Crippen LogP contribution < -0.4 is 5.32 Å². The average Bonchev–Trinajstić information content (AvgIpc) is 2.60. The Balaban J connectivity index is 1.88. The fourth-order valence-corrected chi connectivity index (χ4v) is 2.98. The highest BCUT2D eigenvalue weighted by molar-refractivity contribution is 4.96. The van der Waals surface area contributed by atoms with Gasteiger partial charge < -0.3 is 10.2 Å². The molecule has 0 radical (unpaired) electrons. The zero-order valence-electron chi connectivity index (χ0n) is 9.90. The number of rotatable bonds is 1. The van der Waals surface area contributed by atoms with Gasteiger partial charge in [-0.15, -0.1) is 0 Å². The van der Waals surface area contributed by atoms with Gasteiger partial charge in [0, 0.05) is 19.6 Å². The third-order valence-corrected chi connectivity index (χ3v) is 3.55. The van der Waals surface area contributed by atoms with Crippen molar-refractivity contribution in [1.82, 2.24) is 10.2 Å². The van der Waals surface area contributed by atoms with Gasteiger partial charge in [-0.3, -0.25) is 0 Å². The third-order valence-electron chi connectivity index (χ3n) is 3.55. The lowest BCUT2D eigenvalue weighted by molar-refractivity contribution is 0.203. The minimum absolute atomic E-state index is 0.456. The molecule has 0 saturated carbocycles. The van der Waals surface area contributed by atoms with Crippen LogP contribution in [0.4, 0.5) is 0 Å². The second-order valence-electron chi connectivity index (χ2n) is 6.45. The molecule has 0 amide bonds. The Hall–Kier alpha value is -0.0800. The van der Waals surface area contributed by atoms with Gasteiger partial charge >= 0.3 is 0 Å². The number of likely N-dealkylation sites (tertiary alicyclic amines) is 1. The molecule has 2 fully saturated rings. The van der Waals surface area contributed by atoms with Crippen molar-refractivity contribution in [3.63, 3.8) is 0 Å². The lowest BCUT2D eigenvalue weighted by Gasteiger charge is -2.28. The van der Waals surface area contributed by atoms with Crippen LogP contribution in [0.25, 0.3) is 0 Å². The van der Waals surface area contributed by atoms with Gasteiger partial charge in [0.1, 0.15) is 0 Å². The van der Waals surface area contributed by atoms with Crippen LogP contribution in [-0.4, -0.2) is 37.6 Å². The third kappa shape index (κ3) is 2.29. The molecule has 0 bridgehead atoms. The van der Waals surface area contributed by atoms with E-state index in [4.69, 9.17) is 0 Å². The van der Waals surface area contributed by atoms with Crippen molar-refractivity contribution in [2.45, 2.75) is 33.6 Å². The van der Waals surface area contributed by atoms with Crippen molar-refractivity contribution in [2.75, 3.05) is 32.7 Å². The average molecular weight is 196 g/mol. The van der Waals surface area contributed by atoms with Gasteiger partial charge in [0.05, 0.1) is 0 Å². The number of hydrogen-bond acceptors (Lipinski definition) is 2. The Kier molecular flexibility index (Phi) is 2.61. The molecule has 2 rings (SSSR count). The van der Waals surface area contributed by atoms with Crippen molar-refractivity contribution in [2.24, 2.45) is 10.8 Å². The summed E-state index contributed by atoms with van der Waals surface area (Å²) in [7, 11) is 0. The molecule has 2 heteroatoms. The summed E-state index contributed by atoms with van der Waals surface area (Å²) in [6, 6.07) is 0. The van der Waals surface area contributed by atoms with Crippen molar-refractivity contribution in [3.8, 4) is 0 Å². The van der Waals surface area contributed by atoms with Gasteiger partial charge in [0.25, 0.3) is 0 Å². The van der Waals surface area contributed by atoms with Crippen molar-refractivity contribution in [1.29, 1.82) is 0 Å². The summed E-state index contributed by atoms with van der Waals surface area (Å²) in [5.74, 6) is 0. The predicted octanol–water partition coefficient (Wildman–Crippen LogP) is 1.72. The molecule has 1 N–H and O–H groups in total. The van der Waals surface area contributed by atoms with Crippen LogP contribution in [-0.2, 0) is 0 Å². The van der Waals surface area contributed by atoms with Gasteiger partial charge in [-0.05, 0) is 36.8 Å². The molecule has 0 aliphatic carbocycles. The Morgan fingerprint density at radius 3 is 2.64 bits per heavy atom. The maximum atomic E-state index is 3.51. The van der Waals surface area contributed by atoms with Crippen molar-refractivity contribution < 1.29 is 0 Å². The predicted molar refractivity (Wildman–Crippen MR) is 60.4 cm³/mol. The maximum Gasteiger partial charge on any atom is 0.00513 e. The summed E-state index contributed by atoms with van der Waals surface area (Å²) in [6.45, 7) is 13.4. The van der Waals surface area contributed by atoms with Crippen LogP contribution in [0, 0.1) is 10.8 Å². The van der Waals surface area contributed by atoms with E-state index >= 15 is 0 Å². The van der Waals surface area contributed by atoms with E-state index < -0.39 is 0 Å². The van der Waals surface area contributed by atoms with E-state index in [1.165, 1.54) is 45.6 Å². The Morgan fingerprint density at radius 1 is 1.29 bits per heavy atom. The van der Waals surface area contributed by atoms with Crippen LogP contribution in [0.2, 0.25) is 0 Å². The summed E-state index contributed by atoms with van der Waals surface area (Å²) < 4.78 is 0. The second-order valence-corrected chi connectivity index (χ2v) is 6.45. The normalized spacial score (nSPS) is 34.5. The summed E-state index contributed by atoms with van der Waals surface area (Å²) in [5, 5.41) is 3.51. The van der Waals surface area contributed by atoms with Gasteiger partial charge in [-0.1, -0.05) is 20.8 Å². The zero-order valence-corrected chi connectivity index (χ0v) is 9.90. The van der Waals surface area contributed by atoms with Crippen LogP contribution in [0.3, 0.4) is 0 Å². The second kappa shape index (κ2) is 3.49. The highest BCUT2D eigenvalue weighted by atomic mass is 15.2. The SMILES string of the molecule is CC(C)(C)CN1CCC2(CCNC2)C1. The minimum Gasteiger partial charge on any atom is -0.316 e. The van der Waals surface area contributed by atoms with Gasteiger partial charge in [-0.2, -0.15) is 0 Å². The van der Waals surface area contributed by atoms with Gasteiger partial charge in [-0.25, -0.2) is 0 Å². The molecular weight excluding hydrogens is 172 g/mol. The Morgan fingerprint density at radius 2 is 2.07 bits per heavy atom. The number of nitrogens with one attached hydrogen (secondary N) is 1. The maximum absolute atomic E-state index is 3.51. The van der Waals surface area contributed by atoms with E-state index in [-0.39, 0.29) is 0 Å². The molecular formula is C12H24N2. The first-order chi connectivity index (χ1) is 6.49. The quantitative estimate of drug-likeness (QED) is 0.687. The Bertz CT molecular complexity index is 199. The van der Waals surface area contributed by atoms with Crippen LogP contribution in [0.1, 0.15) is 33.6 Å². The largest absolute Gasteiger partial charge is 0.316 e. The lowest BCUT2D eigenvalue weighted by Crippen LogP contribution is -2.34. The first kappa shape index (κ1) is 10.4. The molecule has 0 aromatic rings. The molecule has 1 spiro atoms. The molecule has 2 aliphatic heterocycles. The minimum atomic E-state index is 0.456. The van der Waals surface area contributed by atoms with E-state index in [0.29, 0.717) is 10.8 Å². The first-order valence-electron chi connectivity index (χ1n) is 5.92. The van der Waals surface area contributed by atoms with Crippen LogP contribution >= 0.6 is 0 Å². The fraction of sp³-hybridized carbons (Fsp3) is 1.00. The highest BCUT2D eigenvalue weighted by Gasteiger charge is 2.40. The zero-order chi connectivity index (χ0) is 10.2. The summed E-state index contributed by atoms with van der Waals surface area (Å²) >= 11 is 0.